The molecule has 0 radical (unpaired) electrons. The first-order valence-electron chi connectivity index (χ1n) is 8.11. The van der Waals surface area contributed by atoms with Gasteiger partial charge >= 0.3 is 5.97 Å². The maximum Gasteiger partial charge on any atom is 0.354 e. The van der Waals surface area contributed by atoms with E-state index in [1.807, 2.05) is 25.1 Å². The van der Waals surface area contributed by atoms with Crippen LogP contribution in [0.25, 0.3) is 16.9 Å². The highest BCUT2D eigenvalue weighted by Gasteiger charge is 2.17. The molecule has 25 heavy (non-hydrogen) atoms. The number of carbonyl (C=O) groups is 2. The van der Waals surface area contributed by atoms with Gasteiger partial charge in [-0.1, -0.05) is 13.0 Å². The van der Waals surface area contributed by atoms with Crippen molar-refractivity contribution in [2.75, 3.05) is 5.32 Å². The summed E-state index contributed by atoms with van der Waals surface area (Å²) in [6.07, 6.45) is 1.83. The number of carboxylic acids is 1. The normalized spacial score (nSPS) is 13.6. The number of fused-ring (bicyclic) bond motifs is 2. The lowest BCUT2D eigenvalue weighted by Crippen LogP contribution is -2.18. The van der Waals surface area contributed by atoms with E-state index in [9.17, 15) is 14.7 Å². The number of carboxylic acid groups (broad SMARTS) is 1. The van der Waals surface area contributed by atoms with Crippen LogP contribution in [-0.4, -0.2) is 31.6 Å². The van der Waals surface area contributed by atoms with Gasteiger partial charge in [-0.05, 0) is 36.6 Å². The molecule has 1 amide bonds. The van der Waals surface area contributed by atoms with Crippen LogP contribution in [0.1, 0.15) is 35.1 Å². The quantitative estimate of drug-likeness (QED) is 0.766. The van der Waals surface area contributed by atoms with E-state index in [4.69, 9.17) is 0 Å². The molecule has 2 aromatic heterocycles. The fourth-order valence-electron chi connectivity index (χ4n) is 3.08. The molecule has 0 bridgehead atoms. The maximum atomic E-state index is 11.5. The summed E-state index contributed by atoms with van der Waals surface area (Å²) < 4.78 is 1.68. The number of hydrogen-bond donors (Lipinski definition) is 2. The Balaban J connectivity index is 1.82. The van der Waals surface area contributed by atoms with Crippen molar-refractivity contribution in [2.45, 2.75) is 26.2 Å². The molecular formula is C18H16N4O3. The van der Waals surface area contributed by atoms with E-state index >= 15 is 0 Å². The summed E-state index contributed by atoms with van der Waals surface area (Å²) >= 11 is 0. The summed E-state index contributed by atoms with van der Waals surface area (Å²) in [7, 11) is 0. The van der Waals surface area contributed by atoms with Crippen molar-refractivity contribution in [3.05, 3.63) is 47.3 Å². The highest BCUT2D eigenvalue weighted by molar-refractivity contribution is 5.94. The number of hydrogen-bond acceptors (Lipinski definition) is 4. The number of aromatic nitrogens is 3. The average molecular weight is 336 g/mol. The summed E-state index contributed by atoms with van der Waals surface area (Å²) in [5.74, 6) is -1.02. The molecule has 0 saturated carbocycles. The van der Waals surface area contributed by atoms with Gasteiger partial charge < -0.3 is 10.4 Å². The molecule has 126 valence electrons. The maximum absolute atomic E-state index is 11.5. The molecule has 7 nitrogen and oxygen atoms in total. The third-order valence-electron chi connectivity index (χ3n) is 4.38. The van der Waals surface area contributed by atoms with E-state index in [0.717, 1.165) is 28.2 Å². The first-order chi connectivity index (χ1) is 12.0. The molecule has 3 heterocycles. The number of nitrogens with one attached hydrogen (secondary N) is 1. The molecule has 0 fully saturated rings. The van der Waals surface area contributed by atoms with Gasteiger partial charge in [-0.25, -0.2) is 14.3 Å². The zero-order valence-corrected chi connectivity index (χ0v) is 13.6. The van der Waals surface area contributed by atoms with Crippen molar-refractivity contribution in [1.29, 1.82) is 0 Å². The van der Waals surface area contributed by atoms with Gasteiger partial charge in [-0.15, -0.1) is 0 Å². The van der Waals surface area contributed by atoms with E-state index in [2.05, 4.69) is 15.4 Å². The van der Waals surface area contributed by atoms with Gasteiger partial charge in [-0.2, -0.15) is 5.10 Å². The molecule has 0 saturated heterocycles. The molecule has 7 heteroatoms. The molecule has 2 N–H and O–H groups in total. The van der Waals surface area contributed by atoms with Crippen LogP contribution in [0.3, 0.4) is 0 Å². The Labute approximate surface area is 143 Å². The van der Waals surface area contributed by atoms with E-state index in [0.29, 0.717) is 24.9 Å². The van der Waals surface area contributed by atoms with Gasteiger partial charge in [0.25, 0.3) is 0 Å². The van der Waals surface area contributed by atoms with Gasteiger partial charge in [0.15, 0.2) is 11.3 Å². The fraction of sp³-hybridized carbons (Fsp3) is 0.222. The SMILES string of the molecule is CCc1cc(C(=O)O)nc2cc(-c3ccc4c(c3)CCC(=O)N4)nn12. The lowest BCUT2D eigenvalue weighted by Gasteiger charge is -2.17. The number of aryl methyl sites for hydroxylation is 2. The Bertz CT molecular complexity index is 1020. The first-order valence-corrected chi connectivity index (χ1v) is 8.11. The van der Waals surface area contributed by atoms with Gasteiger partial charge in [-0.3, -0.25) is 4.79 Å². The van der Waals surface area contributed by atoms with E-state index in [1.54, 1.807) is 16.6 Å². The van der Waals surface area contributed by atoms with Gasteiger partial charge in [0.05, 0.1) is 5.69 Å². The van der Waals surface area contributed by atoms with Gasteiger partial charge in [0.1, 0.15) is 0 Å². The van der Waals surface area contributed by atoms with Crippen LogP contribution in [0.15, 0.2) is 30.3 Å². The largest absolute Gasteiger partial charge is 0.477 e. The molecule has 1 aromatic carbocycles. The molecule has 0 unspecified atom stereocenters. The molecule has 0 atom stereocenters. The second-order valence-corrected chi connectivity index (χ2v) is 6.01. The topological polar surface area (TPSA) is 96.6 Å². The number of aromatic carboxylic acids is 1. The second kappa shape index (κ2) is 5.70. The van der Waals surface area contributed by atoms with Gasteiger partial charge in [0.2, 0.25) is 5.91 Å². The van der Waals surface area contributed by atoms with Crippen molar-refractivity contribution in [1.82, 2.24) is 14.6 Å². The van der Waals surface area contributed by atoms with Crippen molar-refractivity contribution >= 4 is 23.2 Å². The highest BCUT2D eigenvalue weighted by Crippen LogP contribution is 2.28. The van der Waals surface area contributed by atoms with E-state index in [-0.39, 0.29) is 11.6 Å². The Morgan fingerprint density at radius 3 is 2.88 bits per heavy atom. The lowest BCUT2D eigenvalue weighted by atomic mass is 9.99. The Morgan fingerprint density at radius 2 is 2.12 bits per heavy atom. The van der Waals surface area contributed by atoms with Crippen LogP contribution < -0.4 is 5.32 Å². The molecule has 1 aliphatic rings. The molecule has 1 aliphatic heterocycles. The molecule has 4 rings (SSSR count). The van der Waals surface area contributed by atoms with Crippen LogP contribution in [0.2, 0.25) is 0 Å². The number of benzene rings is 1. The minimum absolute atomic E-state index is 0.0175. The second-order valence-electron chi connectivity index (χ2n) is 6.01. The van der Waals surface area contributed by atoms with Crippen LogP contribution in [0.4, 0.5) is 5.69 Å². The Kier molecular flexibility index (Phi) is 3.49. The predicted molar refractivity (Wildman–Crippen MR) is 91.7 cm³/mol. The zero-order chi connectivity index (χ0) is 17.6. The Hall–Kier alpha value is -3.22. The molecule has 0 spiro atoms. The zero-order valence-electron chi connectivity index (χ0n) is 13.6. The number of rotatable bonds is 3. The molecule has 0 aliphatic carbocycles. The summed E-state index contributed by atoms with van der Waals surface area (Å²) in [6.45, 7) is 1.95. The highest BCUT2D eigenvalue weighted by atomic mass is 16.4. The summed E-state index contributed by atoms with van der Waals surface area (Å²) in [4.78, 5) is 26.9. The summed E-state index contributed by atoms with van der Waals surface area (Å²) in [6, 6.07) is 9.13. The molecular weight excluding hydrogens is 320 g/mol. The van der Waals surface area contributed by atoms with Crippen molar-refractivity contribution in [3.8, 4) is 11.3 Å². The molecule has 3 aromatic rings. The van der Waals surface area contributed by atoms with Crippen LogP contribution in [0.5, 0.6) is 0 Å². The summed E-state index contributed by atoms with van der Waals surface area (Å²) in [5.41, 5.74) is 4.87. The van der Waals surface area contributed by atoms with Crippen LogP contribution in [0, 0.1) is 0 Å². The summed E-state index contributed by atoms with van der Waals surface area (Å²) in [5, 5.41) is 16.7. The van der Waals surface area contributed by atoms with Gasteiger partial charge in [0, 0.05) is 29.4 Å². The third kappa shape index (κ3) is 2.63. The number of amides is 1. The van der Waals surface area contributed by atoms with Crippen LogP contribution >= 0.6 is 0 Å². The van der Waals surface area contributed by atoms with Crippen molar-refractivity contribution < 1.29 is 14.7 Å². The van der Waals surface area contributed by atoms with E-state index < -0.39 is 5.97 Å². The fourth-order valence-corrected chi connectivity index (χ4v) is 3.08. The monoisotopic (exact) mass is 336 g/mol. The first kappa shape index (κ1) is 15.3. The minimum atomic E-state index is -1.05. The van der Waals surface area contributed by atoms with Crippen LogP contribution in [-0.2, 0) is 17.6 Å². The average Bonchev–Trinajstić information content (AvgIpc) is 3.04. The predicted octanol–water partition coefficient (Wildman–Crippen LogP) is 2.54. The van der Waals surface area contributed by atoms with Crippen molar-refractivity contribution in [3.63, 3.8) is 0 Å². The van der Waals surface area contributed by atoms with E-state index in [1.165, 1.54) is 0 Å². The third-order valence-corrected chi connectivity index (χ3v) is 4.38. The number of nitrogens with zero attached hydrogens (tertiary/aromatic N) is 3. The standard InChI is InChI=1S/C18H16N4O3/c1-2-12-8-15(18(24)25)19-16-9-14(21-22(12)16)11-3-5-13-10(7-11)4-6-17(23)20-13/h3,5,7-9H,2,4,6H2,1H3,(H,20,23)(H,24,25). The Morgan fingerprint density at radius 1 is 1.28 bits per heavy atom. The number of carbonyl (C=O) groups excluding carboxylic acids is 1. The number of anilines is 1. The minimum Gasteiger partial charge on any atom is -0.477 e. The smallest absolute Gasteiger partial charge is 0.354 e. The van der Waals surface area contributed by atoms with Crippen molar-refractivity contribution in [2.24, 2.45) is 0 Å². The lowest BCUT2D eigenvalue weighted by molar-refractivity contribution is -0.116.